The molecule has 0 aliphatic carbocycles. The highest BCUT2D eigenvalue weighted by atomic mass is 16.6. The van der Waals surface area contributed by atoms with Crippen LogP contribution in [0.5, 0.6) is 0 Å². The summed E-state index contributed by atoms with van der Waals surface area (Å²) in [5.74, 6) is 0.382. The Kier molecular flexibility index (Phi) is 5.39. The molecule has 5 heteroatoms. The van der Waals surface area contributed by atoms with E-state index < -0.39 is 5.60 Å². The molecule has 0 bridgehead atoms. The van der Waals surface area contributed by atoms with Crippen molar-refractivity contribution in [3.05, 3.63) is 11.8 Å². The molecule has 1 saturated heterocycles. The molecular weight excluding hydrogens is 242 g/mol. The molecule has 0 atom stereocenters. The average Bonchev–Trinajstić information content (AvgIpc) is 2.34. The number of carbonyl (C=O) groups excluding carboxylic acids is 1. The standard InChI is InChI=1S/C14H25N3O2/c1-14(2,3)19-13(18)17-7-5-11(6-8-17)12(9-15)10-16-4/h9-11H,5-8,15H2,1-4H3. The second-order valence-corrected chi connectivity index (χ2v) is 5.80. The molecule has 0 radical (unpaired) electrons. The lowest BCUT2D eigenvalue weighted by atomic mass is 9.90. The summed E-state index contributed by atoms with van der Waals surface area (Å²) in [6.45, 7) is 7.04. The molecule has 0 aromatic rings. The Hall–Kier alpha value is -1.52. The Morgan fingerprint density at radius 2 is 1.95 bits per heavy atom. The number of aliphatic imine (C=N–C) groups is 1. The molecule has 5 nitrogen and oxygen atoms in total. The highest BCUT2D eigenvalue weighted by molar-refractivity contribution is 5.79. The molecule has 0 aromatic heterocycles. The number of nitrogens with zero attached hydrogens (tertiary/aromatic N) is 2. The summed E-state index contributed by atoms with van der Waals surface area (Å²) in [7, 11) is 1.74. The molecule has 2 N–H and O–H groups in total. The Bertz CT molecular complexity index is 361. The second-order valence-electron chi connectivity index (χ2n) is 5.80. The first kappa shape index (κ1) is 15.5. The van der Waals surface area contributed by atoms with Crippen LogP contribution in [0.25, 0.3) is 0 Å². The van der Waals surface area contributed by atoms with Gasteiger partial charge in [0, 0.05) is 26.4 Å². The van der Waals surface area contributed by atoms with Crippen LogP contribution in [-0.4, -0.2) is 42.9 Å². The van der Waals surface area contributed by atoms with E-state index in [0.29, 0.717) is 19.0 Å². The van der Waals surface area contributed by atoms with Gasteiger partial charge in [-0.2, -0.15) is 0 Å². The van der Waals surface area contributed by atoms with Gasteiger partial charge in [-0.05, 0) is 51.3 Å². The summed E-state index contributed by atoms with van der Waals surface area (Å²) in [6, 6.07) is 0. The van der Waals surface area contributed by atoms with Crippen molar-refractivity contribution in [2.24, 2.45) is 16.6 Å². The van der Waals surface area contributed by atoms with Crippen LogP contribution < -0.4 is 5.73 Å². The number of nitrogens with two attached hydrogens (primary N) is 1. The summed E-state index contributed by atoms with van der Waals surface area (Å²) < 4.78 is 5.37. The zero-order valence-electron chi connectivity index (χ0n) is 12.3. The van der Waals surface area contributed by atoms with Gasteiger partial charge in [-0.3, -0.25) is 4.99 Å². The Balaban J connectivity index is 2.51. The summed E-state index contributed by atoms with van der Waals surface area (Å²) in [6.07, 6.45) is 4.98. The lowest BCUT2D eigenvalue weighted by molar-refractivity contribution is 0.0196. The zero-order valence-corrected chi connectivity index (χ0v) is 12.3. The van der Waals surface area contributed by atoms with Crippen molar-refractivity contribution in [3.63, 3.8) is 0 Å². The molecule has 1 rings (SSSR count). The maximum Gasteiger partial charge on any atom is 0.410 e. The van der Waals surface area contributed by atoms with Crippen molar-refractivity contribution in [1.29, 1.82) is 0 Å². The number of carbonyl (C=O) groups is 1. The average molecular weight is 267 g/mol. The highest BCUT2D eigenvalue weighted by Gasteiger charge is 2.27. The zero-order chi connectivity index (χ0) is 14.5. The van der Waals surface area contributed by atoms with Gasteiger partial charge in [0.05, 0.1) is 0 Å². The predicted octanol–water partition coefficient (Wildman–Crippen LogP) is 2.18. The number of hydrogen-bond acceptors (Lipinski definition) is 4. The topological polar surface area (TPSA) is 67.9 Å². The number of likely N-dealkylation sites (tertiary alicyclic amines) is 1. The quantitative estimate of drug-likeness (QED) is 0.780. The van der Waals surface area contributed by atoms with Gasteiger partial charge in [-0.1, -0.05) is 0 Å². The van der Waals surface area contributed by atoms with Crippen LogP contribution >= 0.6 is 0 Å². The van der Waals surface area contributed by atoms with Crippen LogP contribution in [0, 0.1) is 5.92 Å². The minimum Gasteiger partial charge on any atom is -0.444 e. The third-order valence-electron chi connectivity index (χ3n) is 3.09. The van der Waals surface area contributed by atoms with Gasteiger partial charge < -0.3 is 15.4 Å². The van der Waals surface area contributed by atoms with Gasteiger partial charge in [0.1, 0.15) is 5.60 Å². The normalized spacial score (nSPS) is 18.9. The minimum atomic E-state index is -0.439. The third kappa shape index (κ3) is 4.93. The molecule has 1 amide bonds. The molecule has 0 saturated carbocycles. The van der Waals surface area contributed by atoms with Gasteiger partial charge in [0.15, 0.2) is 0 Å². The SMILES string of the molecule is CN=CC(=CN)C1CCN(C(=O)OC(C)(C)C)CC1. The maximum absolute atomic E-state index is 11.9. The summed E-state index contributed by atoms with van der Waals surface area (Å²) in [5, 5.41) is 0. The van der Waals surface area contributed by atoms with E-state index in [2.05, 4.69) is 4.99 Å². The van der Waals surface area contributed by atoms with Crippen LogP contribution in [0.3, 0.4) is 0 Å². The van der Waals surface area contributed by atoms with Gasteiger partial charge in [-0.15, -0.1) is 0 Å². The van der Waals surface area contributed by atoms with Crippen LogP contribution in [0.2, 0.25) is 0 Å². The molecule has 0 unspecified atom stereocenters. The second kappa shape index (κ2) is 6.59. The van der Waals surface area contributed by atoms with E-state index in [-0.39, 0.29) is 6.09 Å². The highest BCUT2D eigenvalue weighted by Crippen LogP contribution is 2.24. The molecule has 19 heavy (non-hydrogen) atoms. The molecule has 1 aliphatic rings. The molecule has 0 aromatic carbocycles. The van der Waals surface area contributed by atoms with E-state index in [4.69, 9.17) is 10.5 Å². The number of ether oxygens (including phenoxy) is 1. The smallest absolute Gasteiger partial charge is 0.410 e. The van der Waals surface area contributed by atoms with Crippen molar-refractivity contribution in [2.75, 3.05) is 20.1 Å². The third-order valence-corrected chi connectivity index (χ3v) is 3.09. The first-order valence-electron chi connectivity index (χ1n) is 6.69. The molecule has 0 spiro atoms. The minimum absolute atomic E-state index is 0.228. The van der Waals surface area contributed by atoms with E-state index in [0.717, 1.165) is 18.4 Å². The van der Waals surface area contributed by atoms with Crippen LogP contribution in [0.1, 0.15) is 33.6 Å². The number of amides is 1. The fourth-order valence-electron chi connectivity index (χ4n) is 2.16. The first-order valence-corrected chi connectivity index (χ1v) is 6.69. The molecule has 1 heterocycles. The van der Waals surface area contributed by atoms with Crippen LogP contribution in [0.4, 0.5) is 4.79 Å². The van der Waals surface area contributed by atoms with Crippen molar-refractivity contribution in [2.45, 2.75) is 39.2 Å². The van der Waals surface area contributed by atoms with Crippen molar-refractivity contribution < 1.29 is 9.53 Å². The Labute approximate surface area is 115 Å². The number of rotatable bonds is 2. The summed E-state index contributed by atoms with van der Waals surface area (Å²) in [5.41, 5.74) is 6.22. The van der Waals surface area contributed by atoms with Gasteiger partial charge in [0.2, 0.25) is 0 Å². The van der Waals surface area contributed by atoms with E-state index in [1.807, 2.05) is 20.8 Å². The molecular formula is C14H25N3O2. The largest absolute Gasteiger partial charge is 0.444 e. The molecule has 1 aliphatic heterocycles. The van der Waals surface area contributed by atoms with Gasteiger partial charge >= 0.3 is 6.09 Å². The van der Waals surface area contributed by atoms with Crippen LogP contribution in [0.15, 0.2) is 16.8 Å². The van der Waals surface area contributed by atoms with Crippen molar-refractivity contribution >= 4 is 12.3 Å². The van der Waals surface area contributed by atoms with Gasteiger partial charge in [0.25, 0.3) is 0 Å². The Morgan fingerprint density at radius 1 is 1.37 bits per heavy atom. The van der Waals surface area contributed by atoms with E-state index in [1.54, 1.807) is 24.4 Å². The van der Waals surface area contributed by atoms with Gasteiger partial charge in [-0.25, -0.2) is 4.79 Å². The number of hydrogen-bond donors (Lipinski definition) is 1. The fraction of sp³-hybridized carbons (Fsp3) is 0.714. The molecule has 1 fully saturated rings. The van der Waals surface area contributed by atoms with E-state index in [1.165, 1.54) is 0 Å². The predicted molar refractivity (Wildman–Crippen MR) is 77.2 cm³/mol. The first-order chi connectivity index (χ1) is 8.87. The number of allylic oxidation sites excluding steroid dienone is 1. The number of piperidine rings is 1. The lowest BCUT2D eigenvalue weighted by Gasteiger charge is -2.33. The summed E-state index contributed by atoms with van der Waals surface area (Å²) in [4.78, 5) is 17.7. The van der Waals surface area contributed by atoms with Crippen molar-refractivity contribution in [3.8, 4) is 0 Å². The Morgan fingerprint density at radius 3 is 2.37 bits per heavy atom. The monoisotopic (exact) mass is 267 g/mol. The van der Waals surface area contributed by atoms with Crippen molar-refractivity contribution in [1.82, 2.24) is 4.90 Å². The van der Waals surface area contributed by atoms with E-state index >= 15 is 0 Å². The van der Waals surface area contributed by atoms with Crippen LogP contribution in [-0.2, 0) is 4.74 Å². The molecule has 108 valence electrons. The fourth-order valence-corrected chi connectivity index (χ4v) is 2.16. The lowest BCUT2D eigenvalue weighted by Crippen LogP contribution is -2.42. The maximum atomic E-state index is 11.9. The summed E-state index contributed by atoms with van der Waals surface area (Å²) >= 11 is 0. The van der Waals surface area contributed by atoms with E-state index in [9.17, 15) is 4.79 Å².